The topological polar surface area (TPSA) is 58.2 Å². The first-order chi connectivity index (χ1) is 13.0. The molecule has 140 valence electrons. The van der Waals surface area contributed by atoms with Gasteiger partial charge in [-0.1, -0.05) is 42.0 Å². The second-order valence-corrected chi connectivity index (χ2v) is 9.12. The molecule has 1 aliphatic carbocycles. The fourth-order valence-corrected chi connectivity index (χ4v) is 5.25. The lowest BCUT2D eigenvalue weighted by molar-refractivity contribution is 0.425. The summed E-state index contributed by atoms with van der Waals surface area (Å²) in [5, 5.41) is 4.32. The van der Waals surface area contributed by atoms with Crippen LogP contribution in [-0.4, -0.2) is 15.0 Å². The number of benzene rings is 2. The maximum Gasteiger partial charge on any atom is 0.240 e. The highest BCUT2D eigenvalue weighted by molar-refractivity contribution is 7.89. The third kappa shape index (κ3) is 3.43. The van der Waals surface area contributed by atoms with Crippen LogP contribution in [0.4, 0.5) is 5.69 Å². The molecular formula is C21H21ClN2O2S. The van der Waals surface area contributed by atoms with Crippen LogP contribution >= 0.6 is 11.6 Å². The minimum absolute atomic E-state index is 0.137. The molecule has 4 rings (SSSR count). The molecule has 0 saturated heterocycles. The summed E-state index contributed by atoms with van der Waals surface area (Å²) in [7, 11) is -3.55. The Kier molecular flexibility index (Phi) is 4.84. The predicted octanol–water partition coefficient (Wildman–Crippen LogP) is 4.63. The number of sulfonamides is 1. The molecule has 0 bridgehead atoms. The van der Waals surface area contributed by atoms with Crippen LogP contribution in [0.25, 0.3) is 0 Å². The third-order valence-electron chi connectivity index (χ3n) is 5.27. The Morgan fingerprint density at radius 3 is 2.89 bits per heavy atom. The molecule has 2 N–H and O–H groups in total. The van der Waals surface area contributed by atoms with Crippen molar-refractivity contribution in [1.82, 2.24) is 4.72 Å². The van der Waals surface area contributed by atoms with Crippen molar-refractivity contribution in [2.24, 2.45) is 5.92 Å². The van der Waals surface area contributed by atoms with Gasteiger partial charge in [0.1, 0.15) is 0 Å². The van der Waals surface area contributed by atoms with Gasteiger partial charge in [-0.25, -0.2) is 13.1 Å². The van der Waals surface area contributed by atoms with E-state index in [0.29, 0.717) is 5.92 Å². The van der Waals surface area contributed by atoms with E-state index >= 15 is 0 Å². The van der Waals surface area contributed by atoms with Crippen molar-refractivity contribution in [3.8, 4) is 0 Å². The van der Waals surface area contributed by atoms with Crippen LogP contribution in [-0.2, 0) is 10.0 Å². The van der Waals surface area contributed by atoms with Gasteiger partial charge in [0.15, 0.2) is 0 Å². The number of hydrogen-bond donors (Lipinski definition) is 2. The number of nitrogens with one attached hydrogen (secondary N) is 2. The van der Waals surface area contributed by atoms with E-state index < -0.39 is 10.0 Å². The molecule has 2 aromatic rings. The first-order valence-corrected chi connectivity index (χ1v) is 10.8. The van der Waals surface area contributed by atoms with Gasteiger partial charge >= 0.3 is 0 Å². The molecule has 1 aliphatic heterocycles. The van der Waals surface area contributed by atoms with E-state index in [0.717, 1.165) is 28.3 Å². The van der Waals surface area contributed by atoms with Crippen molar-refractivity contribution >= 4 is 27.3 Å². The monoisotopic (exact) mass is 400 g/mol. The van der Waals surface area contributed by atoms with Crippen LogP contribution in [0.15, 0.2) is 72.2 Å². The quantitative estimate of drug-likeness (QED) is 0.719. The van der Waals surface area contributed by atoms with Gasteiger partial charge in [0.05, 0.1) is 10.9 Å². The van der Waals surface area contributed by atoms with Gasteiger partial charge in [0, 0.05) is 23.2 Å². The number of fused-ring (bicyclic) bond motifs is 3. The van der Waals surface area contributed by atoms with E-state index in [1.54, 1.807) is 12.1 Å². The molecule has 1 heterocycles. The maximum atomic E-state index is 12.5. The summed E-state index contributed by atoms with van der Waals surface area (Å²) in [6.07, 6.45) is 6.85. The first kappa shape index (κ1) is 18.3. The molecule has 2 aliphatic rings. The largest absolute Gasteiger partial charge is 0.378 e. The summed E-state index contributed by atoms with van der Waals surface area (Å²) in [6, 6.07) is 13.3. The lowest BCUT2D eigenvalue weighted by Gasteiger charge is -2.37. The normalized spacial score (nSPS) is 23.4. The minimum Gasteiger partial charge on any atom is -0.378 e. The van der Waals surface area contributed by atoms with Crippen molar-refractivity contribution in [1.29, 1.82) is 0 Å². The average Bonchev–Trinajstić information content (AvgIpc) is 3.15. The molecule has 6 heteroatoms. The Labute approximate surface area is 165 Å². The second kappa shape index (κ2) is 7.15. The summed E-state index contributed by atoms with van der Waals surface area (Å²) in [5.41, 5.74) is 3.14. The van der Waals surface area contributed by atoms with Crippen LogP contribution in [0, 0.1) is 5.92 Å². The van der Waals surface area contributed by atoms with E-state index in [1.807, 2.05) is 24.3 Å². The Morgan fingerprint density at radius 1 is 1.26 bits per heavy atom. The van der Waals surface area contributed by atoms with Gasteiger partial charge in [-0.05, 0) is 53.8 Å². The van der Waals surface area contributed by atoms with E-state index in [1.165, 1.54) is 6.08 Å². The van der Waals surface area contributed by atoms with Crippen molar-refractivity contribution in [2.75, 3.05) is 11.9 Å². The number of hydrogen-bond acceptors (Lipinski definition) is 3. The molecule has 0 radical (unpaired) electrons. The summed E-state index contributed by atoms with van der Waals surface area (Å²) in [4.78, 5) is 0.283. The van der Waals surface area contributed by atoms with Crippen molar-refractivity contribution in [3.05, 3.63) is 83.4 Å². The molecule has 0 spiro atoms. The van der Waals surface area contributed by atoms with Crippen LogP contribution in [0.1, 0.15) is 29.5 Å². The second-order valence-electron chi connectivity index (χ2n) is 6.92. The van der Waals surface area contributed by atoms with Gasteiger partial charge in [-0.15, -0.1) is 6.58 Å². The number of rotatable bonds is 5. The fraction of sp³-hybridized carbons (Fsp3) is 0.238. The van der Waals surface area contributed by atoms with E-state index in [9.17, 15) is 8.42 Å². The first-order valence-electron chi connectivity index (χ1n) is 8.93. The zero-order valence-corrected chi connectivity index (χ0v) is 16.3. The van der Waals surface area contributed by atoms with Gasteiger partial charge in [0.25, 0.3) is 0 Å². The summed E-state index contributed by atoms with van der Waals surface area (Å²) in [6.45, 7) is 3.77. The van der Waals surface area contributed by atoms with Crippen molar-refractivity contribution in [3.63, 3.8) is 0 Å². The Bertz CT molecular complexity index is 1020. The minimum atomic E-state index is -3.55. The number of halogens is 1. The molecule has 3 unspecified atom stereocenters. The molecule has 4 nitrogen and oxygen atoms in total. The summed E-state index contributed by atoms with van der Waals surface area (Å²) < 4.78 is 27.5. The Hall–Kier alpha value is -2.08. The summed E-state index contributed by atoms with van der Waals surface area (Å²) in [5.74, 6) is 0.509. The fourth-order valence-electron chi connectivity index (χ4n) is 4.02. The molecule has 2 aromatic carbocycles. The van der Waals surface area contributed by atoms with Crippen LogP contribution in [0.2, 0.25) is 5.02 Å². The average molecular weight is 401 g/mol. The van der Waals surface area contributed by atoms with E-state index in [4.69, 9.17) is 11.6 Å². The van der Waals surface area contributed by atoms with Crippen molar-refractivity contribution in [2.45, 2.75) is 23.3 Å². The number of allylic oxidation sites excluding steroid dienone is 2. The van der Waals surface area contributed by atoms with Gasteiger partial charge in [0.2, 0.25) is 10.0 Å². The van der Waals surface area contributed by atoms with Crippen LogP contribution in [0.3, 0.4) is 0 Å². The highest BCUT2D eigenvalue weighted by Crippen LogP contribution is 2.50. The zero-order valence-electron chi connectivity index (χ0n) is 14.7. The highest BCUT2D eigenvalue weighted by atomic mass is 35.5. The standard InChI is InChI=1S/C21H21ClN2O2S/c1-2-11-23-27(25,26)16-9-10-20-19(13-16)17-7-4-8-18(17)21(24-20)14-5-3-6-15(22)12-14/h2-7,9-10,12-13,17-18,21,23-24H,1,8,11H2. The Morgan fingerprint density at radius 2 is 2.11 bits per heavy atom. The van der Waals surface area contributed by atoms with Gasteiger partial charge in [-0.3, -0.25) is 0 Å². The van der Waals surface area contributed by atoms with E-state index in [2.05, 4.69) is 34.8 Å². The molecule has 0 fully saturated rings. The van der Waals surface area contributed by atoms with Crippen LogP contribution in [0.5, 0.6) is 0 Å². The number of anilines is 1. The maximum absolute atomic E-state index is 12.5. The smallest absolute Gasteiger partial charge is 0.240 e. The SMILES string of the molecule is C=CCNS(=O)(=O)c1ccc2c(c1)C1C=CCC1C(c1cccc(Cl)c1)N2. The van der Waals surface area contributed by atoms with Gasteiger partial charge < -0.3 is 5.32 Å². The molecule has 0 amide bonds. The summed E-state index contributed by atoms with van der Waals surface area (Å²) >= 11 is 6.20. The lowest BCUT2D eigenvalue weighted by atomic mass is 9.77. The molecular weight excluding hydrogens is 380 g/mol. The van der Waals surface area contributed by atoms with Crippen molar-refractivity contribution < 1.29 is 8.42 Å². The van der Waals surface area contributed by atoms with Crippen LogP contribution < -0.4 is 10.0 Å². The third-order valence-corrected chi connectivity index (χ3v) is 6.93. The van der Waals surface area contributed by atoms with Gasteiger partial charge in [-0.2, -0.15) is 0 Å². The predicted molar refractivity (Wildman–Crippen MR) is 110 cm³/mol. The van der Waals surface area contributed by atoms with E-state index in [-0.39, 0.29) is 23.4 Å². The molecule has 0 aromatic heterocycles. The highest BCUT2D eigenvalue weighted by Gasteiger charge is 2.38. The molecule has 3 atom stereocenters. The zero-order chi connectivity index (χ0) is 19.0. The Balaban J connectivity index is 1.73. The lowest BCUT2D eigenvalue weighted by Crippen LogP contribution is -2.30. The molecule has 0 saturated carbocycles. The molecule has 27 heavy (non-hydrogen) atoms.